The van der Waals surface area contributed by atoms with Crippen molar-refractivity contribution in [1.82, 2.24) is 0 Å². The molecule has 0 bridgehead atoms. The van der Waals surface area contributed by atoms with Gasteiger partial charge >= 0.3 is 0 Å². The average molecular weight is 187 g/mol. The molecule has 75 valence electrons. The predicted molar refractivity (Wildman–Crippen MR) is 63.1 cm³/mol. The molecule has 0 saturated carbocycles. The minimum absolute atomic E-state index is 1.21. The number of benzene rings is 1. The van der Waals surface area contributed by atoms with Crippen LogP contribution >= 0.6 is 0 Å². The van der Waals surface area contributed by atoms with Crippen molar-refractivity contribution in [3.8, 4) is 0 Å². The lowest BCUT2D eigenvalue weighted by Gasteiger charge is -1.94. The maximum Gasteiger partial charge on any atom is -0.0184 e. The van der Waals surface area contributed by atoms with Gasteiger partial charge in [-0.25, -0.2) is 0 Å². The van der Waals surface area contributed by atoms with Crippen molar-refractivity contribution in [3.63, 3.8) is 0 Å². The molecule has 0 spiro atoms. The highest BCUT2D eigenvalue weighted by Crippen LogP contribution is 2.06. The molecule has 0 N–H and O–H groups in total. The molecule has 0 nitrogen and oxygen atoms in total. The van der Waals surface area contributed by atoms with Crippen LogP contribution in [-0.4, -0.2) is 0 Å². The van der Waals surface area contributed by atoms with E-state index in [1.165, 1.54) is 37.7 Å². The Balaban J connectivity index is 2.15. The molecule has 0 heteroatoms. The van der Waals surface area contributed by atoms with E-state index < -0.39 is 0 Å². The molecule has 0 aliphatic carbocycles. The zero-order valence-corrected chi connectivity index (χ0v) is 9.00. The van der Waals surface area contributed by atoms with Crippen LogP contribution in [0, 0.1) is 6.07 Å². The van der Waals surface area contributed by atoms with Gasteiger partial charge in [0.05, 0.1) is 0 Å². The van der Waals surface area contributed by atoms with Gasteiger partial charge in [-0.05, 0) is 24.5 Å². The first-order chi connectivity index (χ1) is 6.93. The predicted octanol–water partition coefficient (Wildman–Crippen LogP) is 4.47. The standard InChI is InChI=1S/C14H19/c1-2-3-4-5-6-8-11-14-12-9-7-10-13-14/h8-13H,2-6H2,1H3/b11-8+. The van der Waals surface area contributed by atoms with Crippen LogP contribution in [0.2, 0.25) is 0 Å². The van der Waals surface area contributed by atoms with Crippen molar-refractivity contribution in [3.05, 3.63) is 42.0 Å². The Hall–Kier alpha value is -1.04. The van der Waals surface area contributed by atoms with Crippen molar-refractivity contribution in [2.45, 2.75) is 39.0 Å². The Morgan fingerprint density at radius 1 is 1.14 bits per heavy atom. The summed E-state index contributed by atoms with van der Waals surface area (Å²) in [5.41, 5.74) is 1.28. The van der Waals surface area contributed by atoms with E-state index >= 15 is 0 Å². The van der Waals surface area contributed by atoms with E-state index in [2.05, 4.69) is 37.3 Å². The number of allylic oxidation sites excluding steroid dienone is 1. The number of hydrogen-bond acceptors (Lipinski definition) is 0. The summed E-state index contributed by atoms with van der Waals surface area (Å²) in [4.78, 5) is 0. The van der Waals surface area contributed by atoms with Gasteiger partial charge in [0.2, 0.25) is 0 Å². The normalized spacial score (nSPS) is 10.9. The number of rotatable bonds is 6. The van der Waals surface area contributed by atoms with Crippen molar-refractivity contribution < 1.29 is 0 Å². The van der Waals surface area contributed by atoms with Crippen LogP contribution in [0.5, 0.6) is 0 Å². The van der Waals surface area contributed by atoms with Crippen LogP contribution < -0.4 is 0 Å². The molecule has 0 fully saturated rings. The molecule has 0 saturated heterocycles. The third kappa shape index (κ3) is 4.86. The van der Waals surface area contributed by atoms with E-state index in [4.69, 9.17) is 0 Å². The first-order valence-electron chi connectivity index (χ1n) is 5.56. The maximum absolute atomic E-state index is 3.02. The average Bonchev–Trinajstić information content (AvgIpc) is 2.25. The third-order valence-electron chi connectivity index (χ3n) is 2.28. The summed E-state index contributed by atoms with van der Waals surface area (Å²) in [5, 5.41) is 0. The molecule has 14 heavy (non-hydrogen) atoms. The molecule has 1 aromatic rings. The highest BCUT2D eigenvalue weighted by Gasteiger charge is 1.85. The Bertz CT molecular complexity index is 246. The van der Waals surface area contributed by atoms with Gasteiger partial charge in [0.25, 0.3) is 0 Å². The van der Waals surface area contributed by atoms with Crippen molar-refractivity contribution >= 4 is 6.08 Å². The largest absolute Gasteiger partial charge is 0.0839 e. The molecular weight excluding hydrogens is 168 g/mol. The van der Waals surface area contributed by atoms with Crippen LogP contribution in [-0.2, 0) is 0 Å². The second-order valence-corrected chi connectivity index (χ2v) is 3.59. The Morgan fingerprint density at radius 3 is 2.64 bits per heavy atom. The van der Waals surface area contributed by atoms with Crippen LogP contribution in [0.3, 0.4) is 0 Å². The summed E-state index contributed by atoms with van der Waals surface area (Å²) in [6, 6.07) is 11.1. The molecule has 1 aromatic carbocycles. The van der Waals surface area contributed by atoms with Crippen LogP contribution in [0.4, 0.5) is 0 Å². The van der Waals surface area contributed by atoms with E-state index in [-0.39, 0.29) is 0 Å². The van der Waals surface area contributed by atoms with E-state index in [9.17, 15) is 0 Å². The molecule has 0 aliphatic rings. The number of hydrogen-bond donors (Lipinski definition) is 0. The zero-order chi connectivity index (χ0) is 10.1. The summed E-state index contributed by atoms with van der Waals surface area (Å²) in [5.74, 6) is 0. The van der Waals surface area contributed by atoms with Crippen LogP contribution in [0.1, 0.15) is 44.6 Å². The molecule has 0 unspecified atom stereocenters. The molecule has 0 amide bonds. The fraction of sp³-hybridized carbons (Fsp3) is 0.429. The van der Waals surface area contributed by atoms with Crippen molar-refractivity contribution in [2.24, 2.45) is 0 Å². The molecule has 1 radical (unpaired) electrons. The fourth-order valence-corrected chi connectivity index (χ4v) is 1.42. The van der Waals surface area contributed by atoms with Crippen LogP contribution in [0.25, 0.3) is 6.08 Å². The lowest BCUT2D eigenvalue weighted by Crippen LogP contribution is -1.74. The maximum atomic E-state index is 3.02. The summed E-state index contributed by atoms with van der Waals surface area (Å²) in [6.45, 7) is 2.25. The second-order valence-electron chi connectivity index (χ2n) is 3.59. The molecule has 0 aromatic heterocycles. The third-order valence-corrected chi connectivity index (χ3v) is 2.28. The zero-order valence-electron chi connectivity index (χ0n) is 9.00. The summed E-state index contributed by atoms with van der Waals surface area (Å²) in [6.07, 6.45) is 11.0. The fourth-order valence-electron chi connectivity index (χ4n) is 1.42. The minimum Gasteiger partial charge on any atom is -0.0839 e. The molecule has 1 rings (SSSR count). The SMILES string of the molecule is CCCCCC/C=C/c1cc[c]cc1. The Kier molecular flexibility index (Phi) is 5.81. The smallest absolute Gasteiger partial charge is 0.0184 e. The van der Waals surface area contributed by atoms with Gasteiger partial charge in [0, 0.05) is 0 Å². The summed E-state index contributed by atoms with van der Waals surface area (Å²) < 4.78 is 0. The Labute approximate surface area is 87.7 Å². The van der Waals surface area contributed by atoms with E-state index in [1.807, 2.05) is 12.1 Å². The number of unbranched alkanes of at least 4 members (excludes halogenated alkanes) is 4. The molecule has 0 aliphatic heterocycles. The van der Waals surface area contributed by atoms with Gasteiger partial charge in [-0.3, -0.25) is 0 Å². The van der Waals surface area contributed by atoms with Gasteiger partial charge in [-0.1, -0.05) is 62.6 Å². The first-order valence-corrected chi connectivity index (χ1v) is 5.56. The monoisotopic (exact) mass is 187 g/mol. The van der Waals surface area contributed by atoms with Gasteiger partial charge in [-0.2, -0.15) is 0 Å². The van der Waals surface area contributed by atoms with Gasteiger partial charge in [0.1, 0.15) is 0 Å². The van der Waals surface area contributed by atoms with Gasteiger partial charge in [-0.15, -0.1) is 0 Å². The highest BCUT2D eigenvalue weighted by molar-refractivity contribution is 5.48. The molecule has 0 heterocycles. The van der Waals surface area contributed by atoms with E-state index in [0.29, 0.717) is 0 Å². The lowest BCUT2D eigenvalue weighted by atomic mass is 10.1. The van der Waals surface area contributed by atoms with Gasteiger partial charge < -0.3 is 0 Å². The van der Waals surface area contributed by atoms with E-state index in [0.717, 1.165) is 0 Å². The van der Waals surface area contributed by atoms with Crippen molar-refractivity contribution in [1.29, 1.82) is 0 Å². The van der Waals surface area contributed by atoms with Gasteiger partial charge in [0.15, 0.2) is 0 Å². The van der Waals surface area contributed by atoms with Crippen molar-refractivity contribution in [2.75, 3.05) is 0 Å². The quantitative estimate of drug-likeness (QED) is 0.576. The first kappa shape index (κ1) is 11.0. The summed E-state index contributed by atoms with van der Waals surface area (Å²) in [7, 11) is 0. The second kappa shape index (κ2) is 7.37. The lowest BCUT2D eigenvalue weighted by molar-refractivity contribution is 0.675. The molecule has 0 atom stereocenters. The summed E-state index contributed by atoms with van der Waals surface area (Å²) >= 11 is 0. The van der Waals surface area contributed by atoms with Crippen LogP contribution in [0.15, 0.2) is 30.3 Å². The highest BCUT2D eigenvalue weighted by atomic mass is 13.9. The minimum atomic E-state index is 1.21. The van der Waals surface area contributed by atoms with E-state index in [1.54, 1.807) is 0 Å². The molecular formula is C14H19. The topological polar surface area (TPSA) is 0 Å². The Morgan fingerprint density at radius 2 is 1.93 bits per heavy atom.